The Morgan fingerprint density at radius 2 is 1.52 bits per heavy atom. The van der Waals surface area contributed by atoms with E-state index in [4.69, 9.17) is 0 Å². The summed E-state index contributed by atoms with van der Waals surface area (Å²) >= 11 is 0. The van der Waals surface area contributed by atoms with Crippen LogP contribution in [-0.2, 0) is 4.79 Å². The van der Waals surface area contributed by atoms with Gasteiger partial charge in [0, 0.05) is 18.5 Å². The monoisotopic (exact) mass is 312 g/mol. The predicted molar refractivity (Wildman–Crippen MR) is 86.6 cm³/mol. The first-order valence-electron chi connectivity index (χ1n) is 8.74. The first-order valence-corrected chi connectivity index (χ1v) is 8.74. The van der Waals surface area contributed by atoms with E-state index in [1.807, 2.05) is 0 Å². The van der Waals surface area contributed by atoms with Crippen molar-refractivity contribution in [3.05, 3.63) is 0 Å². The molecule has 1 N–H and O–H groups in total. The number of hydrogen-bond acceptors (Lipinski definition) is 2. The van der Waals surface area contributed by atoms with Crippen LogP contribution in [-0.4, -0.2) is 36.0 Å². The third kappa shape index (κ3) is 3.24. The van der Waals surface area contributed by atoms with Gasteiger partial charge in [0.25, 0.3) is 0 Å². The minimum absolute atomic E-state index is 0. The largest absolute Gasteiger partial charge is 0.351 e. The Morgan fingerprint density at radius 3 is 2.05 bits per heavy atom. The van der Waals surface area contributed by atoms with Crippen LogP contribution in [0.3, 0.4) is 0 Å². The molecule has 0 spiro atoms. The molecule has 5 rings (SSSR count). The van der Waals surface area contributed by atoms with Crippen LogP contribution >= 0.6 is 12.4 Å². The highest BCUT2D eigenvalue weighted by atomic mass is 35.5. The van der Waals surface area contributed by atoms with E-state index in [0.29, 0.717) is 12.3 Å². The van der Waals surface area contributed by atoms with Gasteiger partial charge in [-0.2, -0.15) is 0 Å². The van der Waals surface area contributed by atoms with Crippen molar-refractivity contribution in [1.82, 2.24) is 10.2 Å². The molecule has 0 atom stereocenters. The third-order valence-corrected chi connectivity index (χ3v) is 6.30. The molecule has 1 aliphatic heterocycles. The van der Waals surface area contributed by atoms with Gasteiger partial charge in [0.05, 0.1) is 0 Å². The molecule has 21 heavy (non-hydrogen) atoms. The van der Waals surface area contributed by atoms with Gasteiger partial charge in [-0.3, -0.25) is 4.79 Å². The number of carbonyl (C=O) groups is 1. The second-order valence-electron chi connectivity index (χ2n) is 8.04. The summed E-state index contributed by atoms with van der Waals surface area (Å²) < 4.78 is 0. The maximum Gasteiger partial charge on any atom is 0.221 e. The van der Waals surface area contributed by atoms with Gasteiger partial charge in [-0.1, -0.05) is 0 Å². The summed E-state index contributed by atoms with van der Waals surface area (Å²) in [6.07, 6.45) is 11.5. The molecular formula is C17H29ClN2O. The van der Waals surface area contributed by atoms with Crippen molar-refractivity contribution in [2.75, 3.05) is 19.6 Å². The molecule has 0 aromatic rings. The van der Waals surface area contributed by atoms with Crippen molar-refractivity contribution in [3.8, 4) is 0 Å². The molecule has 0 unspecified atom stereocenters. The van der Waals surface area contributed by atoms with E-state index in [0.717, 1.165) is 24.3 Å². The lowest BCUT2D eigenvalue weighted by Crippen LogP contribution is -2.60. The highest BCUT2D eigenvalue weighted by Crippen LogP contribution is 2.55. The fraction of sp³-hybridized carbons (Fsp3) is 0.941. The number of rotatable bonds is 4. The molecule has 4 saturated carbocycles. The predicted octanol–water partition coefficient (Wildman–Crippen LogP) is 2.98. The fourth-order valence-corrected chi connectivity index (χ4v) is 5.89. The number of hydrogen-bond donors (Lipinski definition) is 1. The molecule has 4 aliphatic carbocycles. The van der Waals surface area contributed by atoms with E-state index >= 15 is 0 Å². The molecule has 3 nitrogen and oxygen atoms in total. The van der Waals surface area contributed by atoms with Crippen LogP contribution in [0.25, 0.3) is 0 Å². The van der Waals surface area contributed by atoms with Gasteiger partial charge in [0.15, 0.2) is 0 Å². The third-order valence-electron chi connectivity index (χ3n) is 6.30. The Kier molecular flexibility index (Phi) is 4.52. The number of carbonyl (C=O) groups excluding carboxylic acids is 1. The minimum Gasteiger partial charge on any atom is -0.351 e. The molecule has 0 radical (unpaired) electrons. The maximum atomic E-state index is 12.3. The summed E-state index contributed by atoms with van der Waals surface area (Å²) in [7, 11) is 0. The van der Waals surface area contributed by atoms with E-state index in [9.17, 15) is 4.79 Å². The lowest BCUT2D eigenvalue weighted by atomic mass is 9.53. The van der Waals surface area contributed by atoms with Crippen molar-refractivity contribution in [3.63, 3.8) is 0 Å². The topological polar surface area (TPSA) is 32.3 Å². The summed E-state index contributed by atoms with van der Waals surface area (Å²) in [6, 6.07) is 0. The summed E-state index contributed by atoms with van der Waals surface area (Å²) in [5, 5.41) is 3.48. The second-order valence-corrected chi connectivity index (χ2v) is 8.04. The molecule has 5 aliphatic rings. The Bertz CT molecular complexity index is 357. The van der Waals surface area contributed by atoms with Gasteiger partial charge < -0.3 is 10.2 Å². The highest BCUT2D eigenvalue weighted by molar-refractivity contribution is 5.85. The molecule has 1 amide bonds. The molecule has 0 aromatic carbocycles. The highest BCUT2D eigenvalue weighted by Gasteiger charge is 2.51. The zero-order chi connectivity index (χ0) is 13.6. The van der Waals surface area contributed by atoms with Crippen LogP contribution in [0, 0.1) is 17.8 Å². The molecule has 1 saturated heterocycles. The summed E-state index contributed by atoms with van der Waals surface area (Å²) in [5.41, 5.74) is 0.205. The van der Waals surface area contributed by atoms with Gasteiger partial charge in [-0.25, -0.2) is 0 Å². The standard InChI is InChI=1S/C17H28N2O.ClH/c20-16(3-6-19-4-1-2-5-19)18-17-10-13-7-14(11-17)9-15(8-13)12-17;/h13-15H,1-12H2,(H,18,20);1H. The number of nitrogens with one attached hydrogen (secondary N) is 1. The van der Waals surface area contributed by atoms with Gasteiger partial charge in [0.1, 0.15) is 0 Å². The Morgan fingerprint density at radius 1 is 1.00 bits per heavy atom. The number of halogens is 1. The van der Waals surface area contributed by atoms with E-state index in [2.05, 4.69) is 10.2 Å². The molecule has 120 valence electrons. The van der Waals surface area contributed by atoms with E-state index in [1.165, 1.54) is 64.5 Å². The van der Waals surface area contributed by atoms with Crippen molar-refractivity contribution >= 4 is 18.3 Å². The van der Waals surface area contributed by atoms with Gasteiger partial charge in [-0.05, 0) is 82.2 Å². The maximum absolute atomic E-state index is 12.3. The minimum atomic E-state index is 0. The van der Waals surface area contributed by atoms with Crippen LogP contribution in [0.15, 0.2) is 0 Å². The average Bonchev–Trinajstić information content (AvgIpc) is 2.87. The smallest absolute Gasteiger partial charge is 0.221 e. The first-order chi connectivity index (χ1) is 9.71. The zero-order valence-electron chi connectivity index (χ0n) is 13.0. The van der Waals surface area contributed by atoms with Crippen LogP contribution in [0.1, 0.15) is 57.8 Å². The van der Waals surface area contributed by atoms with Crippen LogP contribution in [0.2, 0.25) is 0 Å². The zero-order valence-corrected chi connectivity index (χ0v) is 13.8. The number of nitrogens with zero attached hydrogens (tertiary/aromatic N) is 1. The fourth-order valence-electron chi connectivity index (χ4n) is 5.89. The number of amides is 1. The van der Waals surface area contributed by atoms with E-state index in [1.54, 1.807) is 0 Å². The Labute approximate surface area is 134 Å². The van der Waals surface area contributed by atoms with Crippen molar-refractivity contribution < 1.29 is 4.79 Å². The van der Waals surface area contributed by atoms with Gasteiger partial charge in [0.2, 0.25) is 5.91 Å². The van der Waals surface area contributed by atoms with E-state index < -0.39 is 0 Å². The number of likely N-dealkylation sites (tertiary alicyclic amines) is 1. The molecule has 4 bridgehead atoms. The van der Waals surface area contributed by atoms with Gasteiger partial charge in [-0.15, -0.1) is 12.4 Å². The summed E-state index contributed by atoms with van der Waals surface area (Å²) in [6.45, 7) is 3.37. The van der Waals surface area contributed by atoms with Crippen molar-refractivity contribution in [2.24, 2.45) is 17.8 Å². The average molecular weight is 313 g/mol. The quantitative estimate of drug-likeness (QED) is 0.865. The molecule has 5 fully saturated rings. The lowest BCUT2D eigenvalue weighted by molar-refractivity contribution is -0.127. The SMILES string of the molecule is Cl.O=C(CCN1CCCC1)NC12CC3CC(CC(C3)C1)C2. The second kappa shape index (κ2) is 6.08. The molecular weight excluding hydrogens is 284 g/mol. The molecule has 0 aromatic heterocycles. The normalized spacial score (nSPS) is 41.0. The first kappa shape index (κ1) is 15.6. The van der Waals surface area contributed by atoms with Gasteiger partial charge >= 0.3 is 0 Å². The van der Waals surface area contributed by atoms with Crippen LogP contribution in [0.4, 0.5) is 0 Å². The summed E-state index contributed by atoms with van der Waals surface area (Å²) in [5.74, 6) is 3.07. The Balaban J connectivity index is 0.00000132. The molecule has 1 heterocycles. The lowest BCUT2D eigenvalue weighted by Gasteiger charge is -2.57. The van der Waals surface area contributed by atoms with E-state index in [-0.39, 0.29) is 17.9 Å². The Hall–Kier alpha value is -0.280. The summed E-state index contributed by atoms with van der Waals surface area (Å²) in [4.78, 5) is 14.8. The van der Waals surface area contributed by atoms with Crippen molar-refractivity contribution in [2.45, 2.75) is 63.3 Å². The van der Waals surface area contributed by atoms with Crippen LogP contribution < -0.4 is 5.32 Å². The van der Waals surface area contributed by atoms with Crippen LogP contribution in [0.5, 0.6) is 0 Å². The molecule has 4 heteroatoms. The van der Waals surface area contributed by atoms with Crippen molar-refractivity contribution in [1.29, 1.82) is 0 Å².